The Hall–Kier alpha value is -2.44. The number of hydrogen-bond acceptors (Lipinski definition) is 5. The average molecular weight is 292 g/mol. The minimum Gasteiger partial charge on any atom is -0.482 e. The number of fused-ring (bicyclic) bond motifs is 1. The summed E-state index contributed by atoms with van der Waals surface area (Å²) in [5.41, 5.74) is 7.68. The van der Waals surface area contributed by atoms with E-state index in [2.05, 4.69) is 16.0 Å². The molecule has 0 saturated heterocycles. The lowest BCUT2D eigenvalue weighted by atomic mass is 10.2. The second kappa shape index (κ2) is 6.83. The van der Waals surface area contributed by atoms with Crippen molar-refractivity contribution in [3.63, 3.8) is 0 Å². The van der Waals surface area contributed by atoms with E-state index in [1.54, 1.807) is 12.1 Å². The molecule has 0 bridgehead atoms. The highest BCUT2D eigenvalue weighted by Gasteiger charge is 2.17. The summed E-state index contributed by atoms with van der Waals surface area (Å²) in [5, 5.41) is 8.61. The number of amides is 2. The molecule has 2 rings (SSSR count). The fraction of sp³-hybridized carbons (Fsp3) is 0.429. The molecule has 0 fully saturated rings. The molecule has 5 N–H and O–H groups in total. The number of nitrogens with one attached hydrogen (secondary N) is 3. The Kier molecular flexibility index (Phi) is 4.86. The van der Waals surface area contributed by atoms with Crippen molar-refractivity contribution in [2.75, 3.05) is 36.1 Å². The Bertz CT molecular complexity index is 545. The summed E-state index contributed by atoms with van der Waals surface area (Å²) in [6.07, 6.45) is 1.27. The van der Waals surface area contributed by atoms with Gasteiger partial charge >= 0.3 is 0 Å². The van der Waals surface area contributed by atoms with Crippen molar-refractivity contribution >= 4 is 28.9 Å². The summed E-state index contributed by atoms with van der Waals surface area (Å²) in [5.74, 6) is 0.355. The quantitative estimate of drug-likeness (QED) is 0.584. The number of carbonyl (C=O) groups excluding carboxylic acids is 2. The molecule has 1 aromatic rings. The van der Waals surface area contributed by atoms with Gasteiger partial charge in [-0.15, -0.1) is 0 Å². The Balaban J connectivity index is 1.93. The SMILES string of the molecule is CCCNC(=O)CCNc1cc2c(cc1N)OCC(=O)N2. The van der Waals surface area contributed by atoms with Crippen molar-refractivity contribution in [1.29, 1.82) is 0 Å². The molecule has 0 saturated carbocycles. The van der Waals surface area contributed by atoms with E-state index >= 15 is 0 Å². The van der Waals surface area contributed by atoms with E-state index in [1.807, 2.05) is 6.92 Å². The second-order valence-electron chi connectivity index (χ2n) is 4.80. The number of ether oxygens (including phenoxy) is 1. The molecule has 21 heavy (non-hydrogen) atoms. The molecule has 1 aliphatic rings. The van der Waals surface area contributed by atoms with Gasteiger partial charge in [0.1, 0.15) is 5.75 Å². The molecular formula is C14H20N4O3. The van der Waals surface area contributed by atoms with Crippen molar-refractivity contribution in [3.05, 3.63) is 12.1 Å². The normalized spacial score (nSPS) is 12.9. The van der Waals surface area contributed by atoms with Gasteiger partial charge in [-0.25, -0.2) is 0 Å². The minimum atomic E-state index is -0.197. The molecule has 0 unspecified atom stereocenters. The lowest BCUT2D eigenvalue weighted by molar-refractivity contribution is -0.121. The highest BCUT2D eigenvalue weighted by atomic mass is 16.5. The van der Waals surface area contributed by atoms with Crippen molar-refractivity contribution < 1.29 is 14.3 Å². The second-order valence-corrected chi connectivity index (χ2v) is 4.80. The maximum Gasteiger partial charge on any atom is 0.262 e. The van der Waals surface area contributed by atoms with Gasteiger partial charge in [0.2, 0.25) is 5.91 Å². The third-order valence-electron chi connectivity index (χ3n) is 3.02. The van der Waals surface area contributed by atoms with Crippen LogP contribution in [0.1, 0.15) is 19.8 Å². The van der Waals surface area contributed by atoms with Gasteiger partial charge in [-0.05, 0) is 12.5 Å². The van der Waals surface area contributed by atoms with Crippen LogP contribution in [0.3, 0.4) is 0 Å². The Morgan fingerprint density at radius 2 is 2.24 bits per heavy atom. The molecule has 114 valence electrons. The maximum absolute atomic E-state index is 11.5. The van der Waals surface area contributed by atoms with E-state index in [-0.39, 0.29) is 18.4 Å². The summed E-state index contributed by atoms with van der Waals surface area (Å²) in [6.45, 7) is 3.15. The van der Waals surface area contributed by atoms with Crippen molar-refractivity contribution in [3.8, 4) is 5.75 Å². The number of rotatable bonds is 6. The average Bonchev–Trinajstić information content (AvgIpc) is 2.46. The number of nitrogens with two attached hydrogens (primary N) is 1. The van der Waals surface area contributed by atoms with E-state index in [0.29, 0.717) is 42.3 Å². The summed E-state index contributed by atoms with van der Waals surface area (Å²) in [4.78, 5) is 22.8. The molecule has 0 aliphatic carbocycles. The summed E-state index contributed by atoms with van der Waals surface area (Å²) >= 11 is 0. The van der Waals surface area contributed by atoms with Crippen LogP contribution in [0, 0.1) is 0 Å². The molecule has 1 aliphatic heterocycles. The van der Waals surface area contributed by atoms with Gasteiger partial charge in [-0.1, -0.05) is 6.92 Å². The van der Waals surface area contributed by atoms with E-state index in [1.165, 1.54) is 0 Å². The van der Waals surface area contributed by atoms with Crippen LogP contribution in [-0.4, -0.2) is 31.5 Å². The van der Waals surface area contributed by atoms with E-state index in [4.69, 9.17) is 10.5 Å². The van der Waals surface area contributed by atoms with Crippen LogP contribution in [0.4, 0.5) is 17.1 Å². The van der Waals surface area contributed by atoms with Crippen LogP contribution >= 0.6 is 0 Å². The van der Waals surface area contributed by atoms with Gasteiger partial charge in [0.15, 0.2) is 6.61 Å². The molecule has 0 radical (unpaired) electrons. The Morgan fingerprint density at radius 1 is 1.43 bits per heavy atom. The topological polar surface area (TPSA) is 105 Å². The first-order valence-corrected chi connectivity index (χ1v) is 6.97. The summed E-state index contributed by atoms with van der Waals surface area (Å²) in [6, 6.07) is 3.37. The lowest BCUT2D eigenvalue weighted by Gasteiger charge is -2.20. The fourth-order valence-electron chi connectivity index (χ4n) is 1.96. The first-order chi connectivity index (χ1) is 10.1. The molecule has 1 heterocycles. The Morgan fingerprint density at radius 3 is 3.00 bits per heavy atom. The standard InChI is InChI=1S/C14H20N4O3/c1-2-4-17-13(19)3-5-16-10-7-11-12(6-9(10)15)21-8-14(20)18-11/h6-7,16H,2-5,8,15H2,1H3,(H,17,19)(H,18,20). The largest absolute Gasteiger partial charge is 0.482 e. The smallest absolute Gasteiger partial charge is 0.262 e. The highest BCUT2D eigenvalue weighted by Crippen LogP contribution is 2.35. The molecule has 0 aromatic heterocycles. The van der Waals surface area contributed by atoms with Crippen LogP contribution in [0.2, 0.25) is 0 Å². The molecule has 2 amide bonds. The molecular weight excluding hydrogens is 272 g/mol. The maximum atomic E-state index is 11.5. The van der Waals surface area contributed by atoms with Crippen molar-refractivity contribution in [1.82, 2.24) is 5.32 Å². The van der Waals surface area contributed by atoms with Gasteiger partial charge in [0.05, 0.1) is 17.1 Å². The zero-order valence-electron chi connectivity index (χ0n) is 12.0. The molecule has 7 nitrogen and oxygen atoms in total. The van der Waals surface area contributed by atoms with E-state index < -0.39 is 0 Å². The molecule has 1 aromatic carbocycles. The third-order valence-corrected chi connectivity index (χ3v) is 3.02. The number of nitrogen functional groups attached to an aromatic ring is 1. The molecule has 0 atom stereocenters. The highest BCUT2D eigenvalue weighted by molar-refractivity contribution is 5.97. The van der Waals surface area contributed by atoms with Gasteiger partial charge in [0, 0.05) is 25.6 Å². The number of benzene rings is 1. The monoisotopic (exact) mass is 292 g/mol. The van der Waals surface area contributed by atoms with Gasteiger partial charge < -0.3 is 26.4 Å². The summed E-state index contributed by atoms with van der Waals surface area (Å²) < 4.78 is 5.27. The van der Waals surface area contributed by atoms with Crippen LogP contribution in [0.15, 0.2) is 12.1 Å². The van der Waals surface area contributed by atoms with E-state index in [9.17, 15) is 9.59 Å². The van der Waals surface area contributed by atoms with Crippen LogP contribution in [0.25, 0.3) is 0 Å². The lowest BCUT2D eigenvalue weighted by Crippen LogP contribution is -2.26. The van der Waals surface area contributed by atoms with E-state index in [0.717, 1.165) is 6.42 Å². The van der Waals surface area contributed by atoms with Crippen LogP contribution in [-0.2, 0) is 9.59 Å². The van der Waals surface area contributed by atoms with Crippen LogP contribution < -0.4 is 26.4 Å². The first kappa shape index (κ1) is 15.0. The summed E-state index contributed by atoms with van der Waals surface area (Å²) in [7, 11) is 0. The molecule has 7 heteroatoms. The fourth-order valence-corrected chi connectivity index (χ4v) is 1.96. The number of hydrogen-bond donors (Lipinski definition) is 4. The predicted molar refractivity (Wildman–Crippen MR) is 81.4 cm³/mol. The Labute approximate surface area is 123 Å². The number of carbonyl (C=O) groups is 2. The number of anilines is 3. The zero-order chi connectivity index (χ0) is 15.2. The van der Waals surface area contributed by atoms with Gasteiger partial charge in [-0.3, -0.25) is 9.59 Å². The van der Waals surface area contributed by atoms with Crippen molar-refractivity contribution in [2.24, 2.45) is 0 Å². The minimum absolute atomic E-state index is 0.00230. The van der Waals surface area contributed by atoms with Crippen LogP contribution in [0.5, 0.6) is 5.75 Å². The van der Waals surface area contributed by atoms with Gasteiger partial charge in [0.25, 0.3) is 5.91 Å². The first-order valence-electron chi connectivity index (χ1n) is 6.97. The third kappa shape index (κ3) is 4.01. The van der Waals surface area contributed by atoms with Gasteiger partial charge in [-0.2, -0.15) is 0 Å². The van der Waals surface area contributed by atoms with Crippen molar-refractivity contribution in [2.45, 2.75) is 19.8 Å². The molecule has 0 spiro atoms. The zero-order valence-corrected chi connectivity index (χ0v) is 12.0. The predicted octanol–water partition coefficient (Wildman–Crippen LogP) is 0.928.